The van der Waals surface area contributed by atoms with Crippen molar-refractivity contribution in [2.24, 2.45) is 5.10 Å². The number of rotatable bonds is 8. The van der Waals surface area contributed by atoms with Crippen LogP contribution in [0.5, 0.6) is 17.2 Å². The summed E-state index contributed by atoms with van der Waals surface area (Å²) in [4.78, 5) is 2.26. The molecular weight excluding hydrogens is 396 g/mol. The van der Waals surface area contributed by atoms with Crippen molar-refractivity contribution in [2.75, 3.05) is 21.3 Å². The number of nitrogens with zero attached hydrogens (tertiary/aromatic N) is 2. The van der Waals surface area contributed by atoms with Gasteiger partial charge in [-0.3, -0.25) is 5.10 Å². The molecule has 0 saturated heterocycles. The molecule has 9 nitrogen and oxygen atoms in total. The van der Waals surface area contributed by atoms with Gasteiger partial charge in [0.1, 0.15) is 5.75 Å². The number of hydrazone groups is 1. The van der Waals surface area contributed by atoms with Gasteiger partial charge >= 0.3 is 0 Å². The number of sulfonamides is 1. The summed E-state index contributed by atoms with van der Waals surface area (Å²) in [5.41, 5.74) is 2.02. The number of ether oxygens (including phenoxy) is 3. The molecule has 0 spiro atoms. The second-order valence-electron chi connectivity index (χ2n) is 5.80. The van der Waals surface area contributed by atoms with Gasteiger partial charge in [0.25, 0.3) is 10.0 Å². The fraction of sp³-hybridized carbons (Fsp3) is 0.158. The van der Waals surface area contributed by atoms with Crippen molar-refractivity contribution in [3.8, 4) is 28.5 Å². The normalized spacial score (nSPS) is 11.4. The molecule has 0 aliphatic rings. The van der Waals surface area contributed by atoms with Gasteiger partial charge in [0.15, 0.2) is 11.5 Å². The Balaban J connectivity index is 1.80. The molecule has 152 valence electrons. The van der Waals surface area contributed by atoms with E-state index in [9.17, 15) is 8.42 Å². The van der Waals surface area contributed by atoms with E-state index in [2.05, 4.69) is 20.1 Å². The fourth-order valence-electron chi connectivity index (χ4n) is 2.59. The Kier molecular flexibility index (Phi) is 6.03. The zero-order valence-corrected chi connectivity index (χ0v) is 16.9. The molecule has 0 unspecified atom stereocenters. The van der Waals surface area contributed by atoms with Gasteiger partial charge in [0.2, 0.25) is 0 Å². The van der Waals surface area contributed by atoms with Crippen LogP contribution in [0.1, 0.15) is 5.56 Å². The molecule has 29 heavy (non-hydrogen) atoms. The first-order chi connectivity index (χ1) is 14.0. The van der Waals surface area contributed by atoms with Crippen molar-refractivity contribution < 1.29 is 22.6 Å². The van der Waals surface area contributed by atoms with E-state index in [0.29, 0.717) is 28.5 Å². The SMILES string of the molecule is COc1ccc(S(=O)(=O)N/N=C/c2cn[nH]c2-c2ccc(OC)c(OC)c2)cc1. The topological polar surface area (TPSA) is 115 Å². The smallest absolute Gasteiger partial charge is 0.276 e. The molecule has 1 aromatic heterocycles. The van der Waals surface area contributed by atoms with Gasteiger partial charge in [-0.15, -0.1) is 0 Å². The monoisotopic (exact) mass is 416 g/mol. The average molecular weight is 416 g/mol. The van der Waals surface area contributed by atoms with E-state index in [4.69, 9.17) is 14.2 Å². The summed E-state index contributed by atoms with van der Waals surface area (Å²) in [6, 6.07) is 11.4. The van der Waals surface area contributed by atoms with Crippen LogP contribution in [-0.4, -0.2) is 46.2 Å². The van der Waals surface area contributed by atoms with Gasteiger partial charge in [0.05, 0.1) is 44.3 Å². The number of methoxy groups -OCH3 is 3. The van der Waals surface area contributed by atoms with Crippen molar-refractivity contribution in [3.05, 3.63) is 54.2 Å². The first-order valence-corrected chi connectivity index (χ1v) is 9.91. The van der Waals surface area contributed by atoms with Crippen LogP contribution < -0.4 is 19.0 Å². The van der Waals surface area contributed by atoms with Gasteiger partial charge in [-0.1, -0.05) is 0 Å². The second kappa shape index (κ2) is 8.65. The number of H-pyrrole nitrogens is 1. The van der Waals surface area contributed by atoms with Crippen molar-refractivity contribution in [1.29, 1.82) is 0 Å². The third-order valence-electron chi connectivity index (χ3n) is 4.09. The van der Waals surface area contributed by atoms with E-state index in [1.165, 1.54) is 31.7 Å². The maximum atomic E-state index is 12.3. The molecule has 1 heterocycles. The Morgan fingerprint density at radius 3 is 2.38 bits per heavy atom. The first kappa shape index (κ1) is 20.2. The van der Waals surface area contributed by atoms with Crippen LogP contribution >= 0.6 is 0 Å². The molecule has 0 aliphatic heterocycles. The molecule has 2 aromatic carbocycles. The number of benzene rings is 2. The van der Waals surface area contributed by atoms with Gasteiger partial charge in [-0.2, -0.15) is 18.6 Å². The molecular formula is C19H20N4O5S. The van der Waals surface area contributed by atoms with Crippen LogP contribution in [0, 0.1) is 0 Å². The van der Waals surface area contributed by atoms with E-state index in [1.807, 2.05) is 6.07 Å². The molecule has 0 bridgehead atoms. The molecule has 3 aromatic rings. The maximum absolute atomic E-state index is 12.3. The molecule has 2 N–H and O–H groups in total. The highest BCUT2D eigenvalue weighted by molar-refractivity contribution is 7.89. The van der Waals surface area contributed by atoms with Crippen molar-refractivity contribution in [3.63, 3.8) is 0 Å². The van der Waals surface area contributed by atoms with Crippen LogP contribution in [0.25, 0.3) is 11.3 Å². The summed E-state index contributed by atoms with van der Waals surface area (Å²) in [6.45, 7) is 0. The van der Waals surface area contributed by atoms with E-state index in [-0.39, 0.29) is 4.90 Å². The Morgan fingerprint density at radius 2 is 1.72 bits per heavy atom. The predicted octanol–water partition coefficient (Wildman–Crippen LogP) is 2.41. The fourth-order valence-corrected chi connectivity index (χ4v) is 3.38. The molecule has 10 heteroatoms. The summed E-state index contributed by atoms with van der Waals surface area (Å²) < 4.78 is 40.3. The summed E-state index contributed by atoms with van der Waals surface area (Å²) in [6.07, 6.45) is 2.91. The Hall–Kier alpha value is -3.53. The average Bonchev–Trinajstić information content (AvgIpc) is 3.21. The molecule has 0 atom stereocenters. The first-order valence-electron chi connectivity index (χ1n) is 8.43. The lowest BCUT2D eigenvalue weighted by Crippen LogP contribution is -2.18. The minimum absolute atomic E-state index is 0.0720. The van der Waals surface area contributed by atoms with Crippen molar-refractivity contribution in [1.82, 2.24) is 15.0 Å². The minimum Gasteiger partial charge on any atom is -0.497 e. The number of hydrogen-bond acceptors (Lipinski definition) is 7. The summed E-state index contributed by atoms with van der Waals surface area (Å²) in [5.74, 6) is 1.71. The number of nitrogens with one attached hydrogen (secondary N) is 2. The summed E-state index contributed by atoms with van der Waals surface area (Å²) >= 11 is 0. The van der Waals surface area contributed by atoms with Gasteiger partial charge in [-0.05, 0) is 42.5 Å². The molecule has 0 radical (unpaired) electrons. The lowest BCUT2D eigenvalue weighted by molar-refractivity contribution is 0.355. The van der Waals surface area contributed by atoms with Crippen molar-refractivity contribution in [2.45, 2.75) is 4.90 Å². The van der Waals surface area contributed by atoms with E-state index < -0.39 is 10.0 Å². The van der Waals surface area contributed by atoms with Gasteiger partial charge in [-0.25, -0.2) is 4.83 Å². The van der Waals surface area contributed by atoms with E-state index in [1.54, 1.807) is 38.5 Å². The van der Waals surface area contributed by atoms with Gasteiger partial charge in [0, 0.05) is 11.1 Å². The zero-order chi connectivity index (χ0) is 20.9. The number of aromatic amines is 1. The highest BCUT2D eigenvalue weighted by Crippen LogP contribution is 2.32. The Morgan fingerprint density at radius 1 is 1.00 bits per heavy atom. The maximum Gasteiger partial charge on any atom is 0.276 e. The van der Waals surface area contributed by atoms with Gasteiger partial charge < -0.3 is 14.2 Å². The van der Waals surface area contributed by atoms with Crippen LogP contribution in [-0.2, 0) is 10.0 Å². The molecule has 0 amide bonds. The lowest BCUT2D eigenvalue weighted by atomic mass is 10.1. The third-order valence-corrected chi connectivity index (χ3v) is 5.33. The largest absolute Gasteiger partial charge is 0.497 e. The van der Waals surface area contributed by atoms with Crippen LogP contribution in [0.2, 0.25) is 0 Å². The molecule has 0 fully saturated rings. The van der Waals surface area contributed by atoms with E-state index in [0.717, 1.165) is 5.56 Å². The zero-order valence-electron chi connectivity index (χ0n) is 16.0. The minimum atomic E-state index is -3.81. The number of hydrogen-bond donors (Lipinski definition) is 2. The Labute approximate surface area is 168 Å². The van der Waals surface area contributed by atoms with Crippen LogP contribution in [0.3, 0.4) is 0 Å². The quantitative estimate of drug-likeness (QED) is 0.430. The Bertz CT molecular complexity index is 1110. The standard InChI is InChI=1S/C19H20N4O5S/c1-26-15-5-7-16(8-6-15)29(24,25)23-21-12-14-11-20-22-19(14)13-4-9-17(27-2)18(10-13)28-3/h4-12,23H,1-3H3,(H,20,22)/b21-12+. The molecule has 3 rings (SSSR count). The number of aromatic nitrogens is 2. The highest BCUT2D eigenvalue weighted by atomic mass is 32.2. The molecule has 0 aliphatic carbocycles. The van der Waals surface area contributed by atoms with Crippen LogP contribution in [0.4, 0.5) is 0 Å². The second-order valence-corrected chi connectivity index (χ2v) is 7.46. The highest BCUT2D eigenvalue weighted by Gasteiger charge is 2.14. The van der Waals surface area contributed by atoms with E-state index >= 15 is 0 Å². The van der Waals surface area contributed by atoms with Crippen molar-refractivity contribution >= 4 is 16.2 Å². The predicted molar refractivity (Wildman–Crippen MR) is 108 cm³/mol. The lowest BCUT2D eigenvalue weighted by Gasteiger charge is -2.09. The summed E-state index contributed by atoms with van der Waals surface area (Å²) in [7, 11) is 0.803. The van der Waals surface area contributed by atoms with Crippen LogP contribution in [0.15, 0.2) is 58.7 Å². The molecule has 0 saturated carbocycles. The third kappa shape index (κ3) is 4.49. The summed E-state index contributed by atoms with van der Waals surface area (Å²) in [5, 5.41) is 10.7.